The number of rotatable bonds is 10. The minimum Gasteiger partial charge on any atom is -0.494 e. The van der Waals surface area contributed by atoms with E-state index in [0.717, 1.165) is 6.26 Å². The van der Waals surface area contributed by atoms with Gasteiger partial charge in [-0.1, -0.05) is 12.1 Å². The first-order chi connectivity index (χ1) is 14.7. The average molecular weight is 445 g/mol. The largest absolute Gasteiger partial charge is 0.494 e. The molecule has 0 radical (unpaired) electrons. The standard InChI is InChI=1S/C21H23N3O6S/c1-3-29-17-11-9-16(10-12-17)24(14-6-13-22)20(25)15-30-21(26)18-7-4-5-8-19(18)23-31(2,27)28/h4-5,7-12,23H,3,6,14-15H2,1-2H3. The van der Waals surface area contributed by atoms with E-state index in [1.807, 2.05) is 13.0 Å². The lowest BCUT2D eigenvalue weighted by Crippen LogP contribution is -2.35. The van der Waals surface area contributed by atoms with Crippen LogP contribution in [-0.2, 0) is 19.6 Å². The van der Waals surface area contributed by atoms with Gasteiger partial charge in [0.1, 0.15) is 5.75 Å². The first kappa shape index (κ1) is 23.7. The fraction of sp³-hybridized carbons (Fsp3) is 0.286. The van der Waals surface area contributed by atoms with Gasteiger partial charge in [0, 0.05) is 12.2 Å². The van der Waals surface area contributed by atoms with Crippen LogP contribution in [0.15, 0.2) is 48.5 Å². The van der Waals surface area contributed by atoms with Gasteiger partial charge < -0.3 is 14.4 Å². The zero-order chi connectivity index (χ0) is 22.9. The SMILES string of the molecule is CCOc1ccc(N(CCC#N)C(=O)COC(=O)c2ccccc2NS(C)(=O)=O)cc1. The van der Waals surface area contributed by atoms with Crippen molar-refractivity contribution in [3.8, 4) is 11.8 Å². The number of carbonyl (C=O) groups excluding carboxylic acids is 2. The van der Waals surface area contributed by atoms with Crippen molar-refractivity contribution in [2.45, 2.75) is 13.3 Å². The lowest BCUT2D eigenvalue weighted by Gasteiger charge is -2.22. The highest BCUT2D eigenvalue weighted by molar-refractivity contribution is 7.92. The number of carbonyl (C=O) groups is 2. The summed E-state index contributed by atoms with van der Waals surface area (Å²) in [6.07, 6.45) is 1.05. The zero-order valence-corrected chi connectivity index (χ0v) is 18.0. The van der Waals surface area contributed by atoms with Gasteiger partial charge in [-0.15, -0.1) is 0 Å². The minimum atomic E-state index is -3.61. The topological polar surface area (TPSA) is 126 Å². The molecule has 0 saturated carbocycles. The van der Waals surface area contributed by atoms with Crippen molar-refractivity contribution in [3.05, 3.63) is 54.1 Å². The summed E-state index contributed by atoms with van der Waals surface area (Å²) in [6, 6.07) is 14.6. The molecule has 31 heavy (non-hydrogen) atoms. The number of benzene rings is 2. The average Bonchev–Trinajstić information content (AvgIpc) is 2.73. The summed E-state index contributed by atoms with van der Waals surface area (Å²) in [5.41, 5.74) is 0.555. The van der Waals surface area contributed by atoms with Gasteiger partial charge >= 0.3 is 5.97 Å². The Hall–Kier alpha value is -3.58. The van der Waals surface area contributed by atoms with Gasteiger partial charge in [-0.3, -0.25) is 9.52 Å². The number of amides is 1. The molecule has 2 aromatic carbocycles. The molecule has 0 aliphatic heterocycles. The lowest BCUT2D eigenvalue weighted by atomic mass is 10.2. The van der Waals surface area contributed by atoms with Gasteiger partial charge in [0.25, 0.3) is 5.91 Å². The van der Waals surface area contributed by atoms with Gasteiger partial charge in [0.15, 0.2) is 6.61 Å². The Morgan fingerprint density at radius 1 is 1.13 bits per heavy atom. The fourth-order valence-electron chi connectivity index (χ4n) is 2.68. The molecule has 1 amide bonds. The normalized spacial score (nSPS) is 10.6. The fourth-order valence-corrected chi connectivity index (χ4v) is 3.26. The van der Waals surface area contributed by atoms with Gasteiger partial charge in [0.2, 0.25) is 10.0 Å². The predicted molar refractivity (Wildman–Crippen MR) is 115 cm³/mol. The van der Waals surface area contributed by atoms with Crippen LogP contribution in [0, 0.1) is 11.3 Å². The van der Waals surface area contributed by atoms with Crippen LogP contribution in [0.5, 0.6) is 5.75 Å². The molecule has 2 aromatic rings. The van der Waals surface area contributed by atoms with Gasteiger partial charge in [0.05, 0.1) is 36.6 Å². The number of ether oxygens (including phenoxy) is 2. The number of sulfonamides is 1. The molecular weight excluding hydrogens is 422 g/mol. The first-order valence-corrected chi connectivity index (χ1v) is 11.3. The van der Waals surface area contributed by atoms with Crippen molar-refractivity contribution in [1.82, 2.24) is 0 Å². The second-order valence-electron chi connectivity index (χ2n) is 6.38. The second-order valence-corrected chi connectivity index (χ2v) is 8.12. The molecule has 9 nitrogen and oxygen atoms in total. The van der Waals surface area contributed by atoms with Crippen LogP contribution in [0.4, 0.5) is 11.4 Å². The Labute approximate surface area is 181 Å². The summed E-state index contributed by atoms with van der Waals surface area (Å²) in [4.78, 5) is 26.5. The molecule has 0 heterocycles. The third-order valence-electron chi connectivity index (χ3n) is 3.98. The monoisotopic (exact) mass is 445 g/mol. The summed E-state index contributed by atoms with van der Waals surface area (Å²) < 4.78 is 35.7. The van der Waals surface area contributed by atoms with E-state index >= 15 is 0 Å². The molecule has 0 aliphatic carbocycles. The number of hydrogen-bond acceptors (Lipinski definition) is 7. The summed E-state index contributed by atoms with van der Waals surface area (Å²) in [5, 5.41) is 8.90. The van der Waals surface area contributed by atoms with Crippen LogP contribution in [0.2, 0.25) is 0 Å². The van der Waals surface area contributed by atoms with Gasteiger partial charge in [-0.25, -0.2) is 13.2 Å². The smallest absolute Gasteiger partial charge is 0.340 e. The van der Waals surface area contributed by atoms with Crippen molar-refractivity contribution < 1.29 is 27.5 Å². The highest BCUT2D eigenvalue weighted by Crippen LogP contribution is 2.21. The van der Waals surface area contributed by atoms with Crippen molar-refractivity contribution in [3.63, 3.8) is 0 Å². The van der Waals surface area contributed by atoms with E-state index in [1.165, 1.54) is 17.0 Å². The van der Waals surface area contributed by atoms with Gasteiger partial charge in [-0.05, 0) is 43.3 Å². The van der Waals surface area contributed by atoms with Crippen LogP contribution >= 0.6 is 0 Å². The number of anilines is 2. The quantitative estimate of drug-likeness (QED) is 0.557. The molecule has 10 heteroatoms. The van der Waals surface area contributed by atoms with Crippen molar-refractivity contribution in [1.29, 1.82) is 5.26 Å². The Bertz CT molecular complexity index is 1060. The van der Waals surface area contributed by atoms with Crippen molar-refractivity contribution >= 4 is 33.3 Å². The molecule has 0 unspecified atom stereocenters. The molecule has 0 saturated heterocycles. The highest BCUT2D eigenvalue weighted by atomic mass is 32.2. The van der Waals surface area contributed by atoms with Crippen LogP contribution in [0.25, 0.3) is 0 Å². The third-order valence-corrected chi connectivity index (χ3v) is 4.57. The third kappa shape index (κ3) is 7.31. The van der Waals surface area contributed by atoms with Crippen LogP contribution < -0.4 is 14.4 Å². The molecule has 0 bridgehead atoms. The predicted octanol–water partition coefficient (Wildman–Crippen LogP) is 2.56. The van der Waals surface area contributed by atoms with E-state index in [4.69, 9.17) is 14.7 Å². The van der Waals surface area contributed by atoms with E-state index in [1.54, 1.807) is 36.4 Å². The number of nitriles is 1. The minimum absolute atomic E-state index is 0.0228. The Morgan fingerprint density at radius 3 is 2.42 bits per heavy atom. The summed E-state index contributed by atoms with van der Waals surface area (Å²) in [5.74, 6) is -0.742. The summed E-state index contributed by atoms with van der Waals surface area (Å²) in [7, 11) is -3.61. The van der Waals surface area contributed by atoms with Gasteiger partial charge in [-0.2, -0.15) is 5.26 Å². The van der Waals surface area contributed by atoms with Crippen LogP contribution in [0.3, 0.4) is 0 Å². The molecule has 0 aromatic heterocycles. The maximum absolute atomic E-state index is 12.7. The molecule has 0 aliphatic rings. The summed E-state index contributed by atoms with van der Waals surface area (Å²) in [6.45, 7) is 1.90. The van der Waals surface area contributed by atoms with E-state index in [2.05, 4.69) is 4.72 Å². The number of para-hydroxylation sites is 1. The molecule has 0 spiro atoms. The molecule has 0 atom stereocenters. The lowest BCUT2D eigenvalue weighted by molar-refractivity contribution is -0.121. The second kappa shape index (κ2) is 11.0. The van der Waals surface area contributed by atoms with E-state index in [-0.39, 0.29) is 24.2 Å². The summed E-state index contributed by atoms with van der Waals surface area (Å²) >= 11 is 0. The van der Waals surface area contributed by atoms with E-state index in [0.29, 0.717) is 18.0 Å². The highest BCUT2D eigenvalue weighted by Gasteiger charge is 2.20. The Morgan fingerprint density at radius 2 is 1.81 bits per heavy atom. The number of hydrogen-bond donors (Lipinski definition) is 1. The Kier molecular flexibility index (Phi) is 8.40. The maximum Gasteiger partial charge on any atom is 0.340 e. The van der Waals surface area contributed by atoms with Crippen LogP contribution in [-0.4, -0.2) is 46.3 Å². The molecule has 0 fully saturated rings. The molecule has 164 valence electrons. The number of esters is 1. The molecule has 1 N–H and O–H groups in total. The van der Waals surface area contributed by atoms with Crippen molar-refractivity contribution in [2.24, 2.45) is 0 Å². The number of nitrogens with zero attached hydrogens (tertiary/aromatic N) is 2. The Balaban J connectivity index is 2.12. The zero-order valence-electron chi connectivity index (χ0n) is 17.2. The van der Waals surface area contributed by atoms with E-state index < -0.39 is 28.5 Å². The molecule has 2 rings (SSSR count). The van der Waals surface area contributed by atoms with Crippen molar-refractivity contribution in [2.75, 3.05) is 35.6 Å². The maximum atomic E-state index is 12.7. The van der Waals surface area contributed by atoms with E-state index in [9.17, 15) is 18.0 Å². The first-order valence-electron chi connectivity index (χ1n) is 9.39. The molecular formula is C21H23N3O6S. The van der Waals surface area contributed by atoms with Crippen LogP contribution in [0.1, 0.15) is 23.7 Å². The number of nitrogens with one attached hydrogen (secondary N) is 1.